The van der Waals surface area contributed by atoms with Gasteiger partial charge in [-0.3, -0.25) is 4.79 Å². The Morgan fingerprint density at radius 1 is 1.50 bits per heavy atom. The van der Waals surface area contributed by atoms with Crippen molar-refractivity contribution in [3.8, 4) is 0 Å². The van der Waals surface area contributed by atoms with Gasteiger partial charge >= 0.3 is 0 Å². The monoisotopic (exact) mass is 181 g/mol. The van der Waals surface area contributed by atoms with Gasteiger partial charge in [-0.15, -0.1) is 0 Å². The van der Waals surface area contributed by atoms with E-state index >= 15 is 0 Å². The molecule has 0 fully saturated rings. The summed E-state index contributed by atoms with van der Waals surface area (Å²) >= 11 is 5.83. The molecule has 0 aliphatic heterocycles. The molecule has 0 saturated carbocycles. The molecular formula is C8H4ClNO2. The fraction of sp³-hybridized carbons (Fsp3) is 0. The van der Waals surface area contributed by atoms with Crippen molar-refractivity contribution in [2.75, 3.05) is 0 Å². The van der Waals surface area contributed by atoms with Crippen molar-refractivity contribution < 1.29 is 9.21 Å². The van der Waals surface area contributed by atoms with Crippen molar-refractivity contribution >= 4 is 29.0 Å². The van der Waals surface area contributed by atoms with E-state index in [1.165, 1.54) is 6.39 Å². The van der Waals surface area contributed by atoms with Crippen LogP contribution in [0.2, 0.25) is 5.02 Å². The summed E-state index contributed by atoms with van der Waals surface area (Å²) in [6, 6.07) is 3.26. The maximum Gasteiger partial charge on any atom is 0.182 e. The van der Waals surface area contributed by atoms with E-state index in [2.05, 4.69) is 4.98 Å². The average molecular weight is 182 g/mol. The molecule has 0 unspecified atom stereocenters. The van der Waals surface area contributed by atoms with Crippen molar-refractivity contribution in [2.24, 2.45) is 0 Å². The number of carbonyl (C=O) groups excluding carboxylic acids is 1. The lowest BCUT2D eigenvalue weighted by molar-refractivity contribution is 0.112. The second kappa shape index (κ2) is 2.60. The Kier molecular flexibility index (Phi) is 1.59. The quantitative estimate of drug-likeness (QED) is 0.634. The Morgan fingerprint density at radius 2 is 2.33 bits per heavy atom. The predicted molar refractivity (Wildman–Crippen MR) is 44.4 cm³/mol. The highest BCUT2D eigenvalue weighted by atomic mass is 35.5. The molecule has 1 heterocycles. The van der Waals surface area contributed by atoms with Gasteiger partial charge in [-0.05, 0) is 12.1 Å². The standard InChI is InChI=1S/C8H4ClNO2/c9-7-5(3-11)1-2-6-8(7)10-4-12-6/h1-4H. The summed E-state index contributed by atoms with van der Waals surface area (Å²) in [4.78, 5) is 14.3. The molecule has 0 radical (unpaired) electrons. The smallest absolute Gasteiger partial charge is 0.182 e. The number of oxazole rings is 1. The van der Waals surface area contributed by atoms with E-state index in [9.17, 15) is 4.79 Å². The van der Waals surface area contributed by atoms with Gasteiger partial charge in [0.2, 0.25) is 0 Å². The topological polar surface area (TPSA) is 43.1 Å². The Balaban J connectivity index is 2.86. The molecule has 1 aromatic carbocycles. The lowest BCUT2D eigenvalue weighted by atomic mass is 10.2. The molecule has 0 atom stereocenters. The van der Waals surface area contributed by atoms with Gasteiger partial charge in [0, 0.05) is 5.56 Å². The van der Waals surface area contributed by atoms with Crippen molar-refractivity contribution in [3.63, 3.8) is 0 Å². The lowest BCUT2D eigenvalue weighted by Crippen LogP contribution is -1.81. The molecular weight excluding hydrogens is 178 g/mol. The predicted octanol–water partition coefficient (Wildman–Crippen LogP) is 2.29. The van der Waals surface area contributed by atoms with Crippen molar-refractivity contribution in [2.45, 2.75) is 0 Å². The third kappa shape index (κ3) is 0.905. The first-order valence-corrected chi connectivity index (χ1v) is 3.67. The normalized spacial score (nSPS) is 10.4. The number of rotatable bonds is 1. The second-order valence-corrected chi connectivity index (χ2v) is 2.66. The number of aromatic nitrogens is 1. The van der Waals surface area contributed by atoms with Gasteiger partial charge in [-0.1, -0.05) is 11.6 Å². The van der Waals surface area contributed by atoms with E-state index < -0.39 is 0 Å². The van der Waals surface area contributed by atoms with Gasteiger partial charge in [0.05, 0.1) is 5.02 Å². The Bertz CT molecular complexity index is 436. The first-order chi connectivity index (χ1) is 5.83. The molecule has 3 nitrogen and oxygen atoms in total. The largest absolute Gasteiger partial charge is 0.443 e. The number of nitrogens with zero attached hydrogens (tertiary/aromatic N) is 1. The molecule has 0 spiro atoms. The van der Waals surface area contributed by atoms with E-state index in [0.717, 1.165) is 0 Å². The lowest BCUT2D eigenvalue weighted by Gasteiger charge is -1.93. The summed E-state index contributed by atoms with van der Waals surface area (Å²) in [5.41, 5.74) is 1.55. The van der Waals surface area contributed by atoms with Gasteiger partial charge in [0.25, 0.3) is 0 Å². The number of hydrogen-bond donors (Lipinski definition) is 0. The molecule has 0 saturated heterocycles. The van der Waals surface area contributed by atoms with Crippen LogP contribution in [0.3, 0.4) is 0 Å². The van der Waals surface area contributed by atoms with Crippen LogP contribution in [0, 0.1) is 0 Å². The van der Waals surface area contributed by atoms with Crippen molar-refractivity contribution in [3.05, 3.63) is 29.1 Å². The van der Waals surface area contributed by atoms with Crippen LogP contribution in [0.5, 0.6) is 0 Å². The van der Waals surface area contributed by atoms with Crippen LogP contribution < -0.4 is 0 Å². The van der Waals surface area contributed by atoms with Gasteiger partial charge < -0.3 is 4.42 Å². The van der Waals surface area contributed by atoms with Crippen LogP contribution in [-0.4, -0.2) is 11.3 Å². The molecule has 1 aromatic heterocycles. The van der Waals surface area contributed by atoms with E-state index in [-0.39, 0.29) is 0 Å². The van der Waals surface area contributed by atoms with Gasteiger partial charge in [0.1, 0.15) is 5.52 Å². The number of carbonyl (C=O) groups is 1. The zero-order valence-electron chi connectivity index (χ0n) is 5.95. The summed E-state index contributed by atoms with van der Waals surface area (Å²) < 4.78 is 4.99. The molecule has 0 N–H and O–H groups in total. The fourth-order valence-corrected chi connectivity index (χ4v) is 1.25. The maximum absolute atomic E-state index is 10.5. The SMILES string of the molecule is O=Cc1ccc2ocnc2c1Cl. The van der Waals surface area contributed by atoms with Crippen LogP contribution in [0.15, 0.2) is 22.9 Å². The highest BCUT2D eigenvalue weighted by Gasteiger charge is 2.07. The Hall–Kier alpha value is -1.35. The van der Waals surface area contributed by atoms with Gasteiger partial charge in [0.15, 0.2) is 18.3 Å². The van der Waals surface area contributed by atoms with E-state index in [4.69, 9.17) is 16.0 Å². The minimum atomic E-state index is 0.344. The number of aldehydes is 1. The molecule has 4 heteroatoms. The highest BCUT2D eigenvalue weighted by Crippen LogP contribution is 2.24. The first kappa shape index (κ1) is 7.31. The van der Waals surface area contributed by atoms with Crippen molar-refractivity contribution in [1.82, 2.24) is 4.98 Å². The Morgan fingerprint density at radius 3 is 3.08 bits per heavy atom. The molecule has 12 heavy (non-hydrogen) atoms. The highest BCUT2D eigenvalue weighted by molar-refractivity contribution is 6.37. The van der Waals surface area contributed by atoms with Gasteiger partial charge in [-0.2, -0.15) is 0 Å². The summed E-state index contributed by atoms with van der Waals surface area (Å²) in [6.45, 7) is 0. The minimum absolute atomic E-state index is 0.344. The number of fused-ring (bicyclic) bond motifs is 1. The van der Waals surface area contributed by atoms with Crippen LogP contribution in [0.1, 0.15) is 10.4 Å². The van der Waals surface area contributed by atoms with Crippen LogP contribution in [-0.2, 0) is 0 Å². The number of halogens is 1. The molecule has 0 aliphatic rings. The maximum atomic E-state index is 10.5. The molecule has 0 bridgehead atoms. The molecule has 0 amide bonds. The van der Waals surface area contributed by atoms with Crippen LogP contribution >= 0.6 is 11.6 Å². The van der Waals surface area contributed by atoms with Crippen molar-refractivity contribution in [1.29, 1.82) is 0 Å². The molecule has 60 valence electrons. The van der Waals surface area contributed by atoms with Crippen LogP contribution in [0.25, 0.3) is 11.1 Å². The summed E-state index contributed by atoms with van der Waals surface area (Å²) in [5.74, 6) is 0. The number of benzene rings is 1. The van der Waals surface area contributed by atoms with E-state index in [1.54, 1.807) is 12.1 Å². The molecule has 2 rings (SSSR count). The third-order valence-corrected chi connectivity index (χ3v) is 1.99. The third-order valence-electron chi connectivity index (χ3n) is 1.60. The van der Waals surface area contributed by atoms with E-state index in [1.807, 2.05) is 0 Å². The zero-order valence-corrected chi connectivity index (χ0v) is 6.71. The number of hydrogen-bond acceptors (Lipinski definition) is 3. The minimum Gasteiger partial charge on any atom is -0.443 e. The fourth-order valence-electron chi connectivity index (χ4n) is 1.00. The summed E-state index contributed by atoms with van der Waals surface area (Å²) in [7, 11) is 0. The van der Waals surface area contributed by atoms with Gasteiger partial charge in [-0.25, -0.2) is 4.98 Å². The summed E-state index contributed by atoms with van der Waals surface area (Å²) in [5, 5.41) is 0.344. The first-order valence-electron chi connectivity index (χ1n) is 3.30. The molecule has 2 aromatic rings. The van der Waals surface area contributed by atoms with Crippen LogP contribution in [0.4, 0.5) is 0 Å². The Labute approximate surface area is 73.0 Å². The molecule has 0 aliphatic carbocycles. The zero-order chi connectivity index (χ0) is 8.55. The second-order valence-electron chi connectivity index (χ2n) is 2.29. The summed E-state index contributed by atoms with van der Waals surface area (Å²) in [6.07, 6.45) is 1.99. The average Bonchev–Trinajstić information content (AvgIpc) is 2.53. The van der Waals surface area contributed by atoms with E-state index in [0.29, 0.717) is 28.0 Å².